The summed E-state index contributed by atoms with van der Waals surface area (Å²) >= 11 is 0. The standard InChI is InChI=1S/C14H17N3O4/c1-9(18)15-7-8-16-13(19)11-12(21-14(20)17-11)10-5-3-2-4-6-10/h2-6,11-12H,7-8H2,1H3,(H,15,18)(H,16,19)(H,17,20). The first kappa shape index (κ1) is 14.8. The molecule has 1 saturated heterocycles. The van der Waals surface area contributed by atoms with Gasteiger partial charge in [0.25, 0.3) is 0 Å². The zero-order valence-electron chi connectivity index (χ0n) is 11.6. The summed E-state index contributed by atoms with van der Waals surface area (Å²) < 4.78 is 5.15. The second-order valence-electron chi connectivity index (χ2n) is 4.63. The van der Waals surface area contributed by atoms with Gasteiger partial charge in [0.15, 0.2) is 12.1 Å². The average Bonchev–Trinajstić information content (AvgIpc) is 2.86. The molecule has 7 nitrogen and oxygen atoms in total. The Balaban J connectivity index is 1.95. The van der Waals surface area contributed by atoms with Crippen LogP contribution in [0.25, 0.3) is 0 Å². The molecular formula is C14H17N3O4. The van der Waals surface area contributed by atoms with E-state index in [-0.39, 0.29) is 18.4 Å². The van der Waals surface area contributed by atoms with Crippen LogP contribution < -0.4 is 16.0 Å². The summed E-state index contributed by atoms with van der Waals surface area (Å²) in [6, 6.07) is 8.28. The Kier molecular flexibility index (Phi) is 4.76. The van der Waals surface area contributed by atoms with Crippen molar-refractivity contribution in [1.82, 2.24) is 16.0 Å². The Hall–Kier alpha value is -2.57. The molecule has 2 atom stereocenters. The maximum absolute atomic E-state index is 12.1. The highest BCUT2D eigenvalue weighted by atomic mass is 16.6. The molecule has 1 aromatic rings. The second-order valence-corrected chi connectivity index (χ2v) is 4.63. The summed E-state index contributed by atoms with van der Waals surface area (Å²) in [7, 11) is 0. The minimum atomic E-state index is -0.780. The van der Waals surface area contributed by atoms with Crippen LogP contribution in [0.4, 0.5) is 4.79 Å². The minimum absolute atomic E-state index is 0.163. The lowest BCUT2D eigenvalue weighted by Gasteiger charge is -2.17. The summed E-state index contributed by atoms with van der Waals surface area (Å²) in [5, 5.41) is 7.71. The zero-order valence-corrected chi connectivity index (χ0v) is 11.6. The van der Waals surface area contributed by atoms with Gasteiger partial charge in [-0.1, -0.05) is 30.3 Å². The van der Waals surface area contributed by atoms with Crippen LogP contribution in [0.5, 0.6) is 0 Å². The number of hydrogen-bond acceptors (Lipinski definition) is 4. The predicted molar refractivity (Wildman–Crippen MR) is 74.3 cm³/mol. The third-order valence-electron chi connectivity index (χ3n) is 3.02. The van der Waals surface area contributed by atoms with E-state index in [0.29, 0.717) is 6.54 Å². The van der Waals surface area contributed by atoms with Crippen molar-refractivity contribution in [2.45, 2.75) is 19.1 Å². The van der Waals surface area contributed by atoms with Gasteiger partial charge in [0.05, 0.1) is 0 Å². The first-order chi connectivity index (χ1) is 10.1. The van der Waals surface area contributed by atoms with Gasteiger partial charge in [0, 0.05) is 20.0 Å². The average molecular weight is 291 g/mol. The van der Waals surface area contributed by atoms with Crippen LogP contribution in [0.2, 0.25) is 0 Å². The van der Waals surface area contributed by atoms with Crippen LogP contribution in [0, 0.1) is 0 Å². The minimum Gasteiger partial charge on any atom is -0.439 e. The first-order valence-electron chi connectivity index (χ1n) is 6.62. The lowest BCUT2D eigenvalue weighted by molar-refractivity contribution is -0.124. The highest BCUT2D eigenvalue weighted by Crippen LogP contribution is 2.26. The molecule has 3 amide bonds. The van der Waals surface area contributed by atoms with Crippen molar-refractivity contribution >= 4 is 17.9 Å². The van der Waals surface area contributed by atoms with Crippen molar-refractivity contribution in [2.75, 3.05) is 13.1 Å². The van der Waals surface area contributed by atoms with E-state index in [1.54, 1.807) is 12.1 Å². The summed E-state index contributed by atoms with van der Waals surface area (Å²) in [4.78, 5) is 34.2. The SMILES string of the molecule is CC(=O)NCCNC(=O)C1NC(=O)OC1c1ccccc1. The maximum Gasteiger partial charge on any atom is 0.408 e. The van der Waals surface area contributed by atoms with Crippen LogP contribution >= 0.6 is 0 Å². The van der Waals surface area contributed by atoms with E-state index in [1.165, 1.54) is 6.92 Å². The highest BCUT2D eigenvalue weighted by Gasteiger charge is 2.39. The van der Waals surface area contributed by atoms with Gasteiger partial charge in [-0.25, -0.2) is 4.79 Å². The van der Waals surface area contributed by atoms with Gasteiger partial charge in [-0.05, 0) is 5.56 Å². The molecule has 1 aliphatic rings. The van der Waals surface area contributed by atoms with E-state index in [2.05, 4.69) is 16.0 Å². The number of rotatable bonds is 5. The molecule has 0 radical (unpaired) electrons. The van der Waals surface area contributed by atoms with E-state index in [1.807, 2.05) is 18.2 Å². The van der Waals surface area contributed by atoms with E-state index < -0.39 is 18.2 Å². The van der Waals surface area contributed by atoms with Crippen molar-refractivity contribution in [3.8, 4) is 0 Å². The van der Waals surface area contributed by atoms with Crippen molar-refractivity contribution in [2.24, 2.45) is 0 Å². The second kappa shape index (κ2) is 6.74. The molecule has 3 N–H and O–H groups in total. The Morgan fingerprint density at radius 1 is 1.19 bits per heavy atom. The number of carbonyl (C=O) groups is 3. The van der Waals surface area contributed by atoms with Crippen LogP contribution in [-0.4, -0.2) is 37.0 Å². The number of nitrogens with one attached hydrogen (secondary N) is 3. The van der Waals surface area contributed by atoms with E-state index in [0.717, 1.165) is 5.56 Å². The van der Waals surface area contributed by atoms with Gasteiger partial charge in [0.2, 0.25) is 11.8 Å². The fourth-order valence-electron chi connectivity index (χ4n) is 2.06. The molecule has 2 rings (SSSR count). The number of amides is 3. The van der Waals surface area contributed by atoms with Crippen LogP contribution in [0.1, 0.15) is 18.6 Å². The van der Waals surface area contributed by atoms with Gasteiger partial charge >= 0.3 is 6.09 Å². The number of carbonyl (C=O) groups excluding carboxylic acids is 3. The monoisotopic (exact) mass is 291 g/mol. The molecule has 2 unspecified atom stereocenters. The lowest BCUT2D eigenvalue weighted by atomic mass is 10.0. The van der Waals surface area contributed by atoms with Gasteiger partial charge in [-0.15, -0.1) is 0 Å². The third-order valence-corrected chi connectivity index (χ3v) is 3.02. The van der Waals surface area contributed by atoms with Crippen LogP contribution in [0.15, 0.2) is 30.3 Å². The molecular weight excluding hydrogens is 274 g/mol. The summed E-state index contributed by atoms with van der Waals surface area (Å²) in [6.07, 6.45) is -1.27. The number of alkyl carbamates (subject to hydrolysis) is 1. The Morgan fingerprint density at radius 3 is 2.52 bits per heavy atom. The van der Waals surface area contributed by atoms with Crippen molar-refractivity contribution < 1.29 is 19.1 Å². The van der Waals surface area contributed by atoms with Crippen LogP contribution in [0.3, 0.4) is 0 Å². The van der Waals surface area contributed by atoms with Gasteiger partial charge < -0.3 is 20.7 Å². The smallest absolute Gasteiger partial charge is 0.408 e. The molecule has 21 heavy (non-hydrogen) atoms. The first-order valence-corrected chi connectivity index (χ1v) is 6.62. The van der Waals surface area contributed by atoms with Crippen molar-refractivity contribution in [3.63, 3.8) is 0 Å². The number of hydrogen-bond donors (Lipinski definition) is 3. The Labute approximate surface area is 122 Å². The normalized spacial score (nSPS) is 20.3. The third kappa shape index (κ3) is 3.95. The molecule has 0 aromatic heterocycles. The van der Waals surface area contributed by atoms with Gasteiger partial charge in [0.1, 0.15) is 0 Å². The number of cyclic esters (lactones) is 1. The molecule has 1 aromatic carbocycles. The molecule has 1 aliphatic heterocycles. The van der Waals surface area contributed by atoms with Crippen LogP contribution in [-0.2, 0) is 14.3 Å². The van der Waals surface area contributed by atoms with E-state index >= 15 is 0 Å². The summed E-state index contributed by atoms with van der Waals surface area (Å²) in [5.41, 5.74) is 0.748. The topological polar surface area (TPSA) is 96.5 Å². The summed E-state index contributed by atoms with van der Waals surface area (Å²) in [5.74, 6) is -0.510. The quantitative estimate of drug-likeness (QED) is 0.670. The molecule has 1 heterocycles. The van der Waals surface area contributed by atoms with Gasteiger partial charge in [-0.2, -0.15) is 0 Å². The van der Waals surface area contributed by atoms with Gasteiger partial charge in [-0.3, -0.25) is 9.59 Å². The van der Waals surface area contributed by atoms with Crippen molar-refractivity contribution in [1.29, 1.82) is 0 Å². The zero-order chi connectivity index (χ0) is 15.2. The fourth-order valence-corrected chi connectivity index (χ4v) is 2.06. The Bertz CT molecular complexity index is 532. The fraction of sp³-hybridized carbons (Fsp3) is 0.357. The molecule has 0 aliphatic carbocycles. The largest absolute Gasteiger partial charge is 0.439 e. The maximum atomic E-state index is 12.1. The molecule has 1 fully saturated rings. The lowest BCUT2D eigenvalue weighted by Crippen LogP contribution is -2.45. The highest BCUT2D eigenvalue weighted by molar-refractivity contribution is 5.88. The van der Waals surface area contributed by atoms with E-state index in [4.69, 9.17) is 4.74 Å². The number of benzene rings is 1. The molecule has 112 valence electrons. The number of ether oxygens (including phenoxy) is 1. The van der Waals surface area contributed by atoms with Crippen molar-refractivity contribution in [3.05, 3.63) is 35.9 Å². The molecule has 7 heteroatoms. The van der Waals surface area contributed by atoms with E-state index in [9.17, 15) is 14.4 Å². The molecule has 0 spiro atoms. The molecule has 0 bridgehead atoms. The summed E-state index contributed by atoms with van der Waals surface area (Å²) in [6.45, 7) is 2.02. The molecule has 0 saturated carbocycles. The Morgan fingerprint density at radius 2 is 1.86 bits per heavy atom. The predicted octanol–water partition coefficient (Wildman–Crippen LogP) is 0.0884.